The van der Waals surface area contributed by atoms with Gasteiger partial charge >= 0.3 is 0 Å². The maximum Gasteiger partial charge on any atom is 0.191 e. The van der Waals surface area contributed by atoms with Gasteiger partial charge in [-0.05, 0) is 18.9 Å². The zero-order valence-electron chi connectivity index (χ0n) is 11.3. The lowest BCUT2D eigenvalue weighted by Gasteiger charge is -2.09. The molecule has 1 unspecified atom stereocenters. The minimum atomic E-state index is -0.171. The SMILES string of the molecule is CCc1ccc(C(=O)C(C)Sc2nncn2C)cc1. The van der Waals surface area contributed by atoms with Crippen LogP contribution in [0.5, 0.6) is 0 Å². The maximum atomic E-state index is 12.3. The topological polar surface area (TPSA) is 47.8 Å². The molecule has 0 saturated heterocycles. The molecular weight excluding hydrogens is 258 g/mol. The van der Waals surface area contributed by atoms with E-state index >= 15 is 0 Å². The molecular formula is C14H17N3OS. The Morgan fingerprint density at radius 1 is 1.37 bits per heavy atom. The van der Waals surface area contributed by atoms with Crippen molar-refractivity contribution in [2.75, 3.05) is 0 Å². The molecule has 2 rings (SSSR count). The molecule has 0 amide bonds. The van der Waals surface area contributed by atoms with Gasteiger partial charge in [0, 0.05) is 12.6 Å². The summed E-state index contributed by atoms with van der Waals surface area (Å²) in [5, 5.41) is 8.38. The second-order valence-electron chi connectivity index (χ2n) is 4.40. The Balaban J connectivity index is 2.08. The van der Waals surface area contributed by atoms with Crippen LogP contribution in [0.15, 0.2) is 35.7 Å². The van der Waals surface area contributed by atoms with Crippen molar-refractivity contribution in [2.45, 2.75) is 30.7 Å². The highest BCUT2D eigenvalue weighted by Crippen LogP contribution is 2.23. The number of benzene rings is 1. The maximum absolute atomic E-state index is 12.3. The second kappa shape index (κ2) is 6.02. The van der Waals surface area contributed by atoms with Crippen LogP contribution in [-0.2, 0) is 13.5 Å². The van der Waals surface area contributed by atoms with E-state index in [0.29, 0.717) is 0 Å². The van der Waals surface area contributed by atoms with Gasteiger partial charge < -0.3 is 4.57 Å². The molecule has 0 spiro atoms. The number of rotatable bonds is 5. The molecule has 1 heterocycles. The molecule has 1 aromatic heterocycles. The number of carbonyl (C=O) groups excluding carboxylic acids is 1. The van der Waals surface area contributed by atoms with E-state index in [1.165, 1.54) is 17.3 Å². The molecule has 0 saturated carbocycles. The number of nitrogens with zero attached hydrogens (tertiary/aromatic N) is 3. The van der Waals surface area contributed by atoms with Crippen LogP contribution in [0.3, 0.4) is 0 Å². The molecule has 5 heteroatoms. The molecule has 0 aliphatic rings. The van der Waals surface area contributed by atoms with Crippen molar-refractivity contribution in [3.8, 4) is 0 Å². The molecule has 1 aromatic carbocycles. The molecule has 0 aliphatic carbocycles. The van der Waals surface area contributed by atoms with E-state index < -0.39 is 0 Å². The molecule has 0 fully saturated rings. The first-order valence-corrected chi connectivity index (χ1v) is 7.13. The summed E-state index contributed by atoms with van der Waals surface area (Å²) in [6.07, 6.45) is 2.62. The number of ketones is 1. The van der Waals surface area contributed by atoms with Crippen molar-refractivity contribution >= 4 is 17.5 Å². The van der Waals surface area contributed by atoms with Crippen molar-refractivity contribution in [1.29, 1.82) is 0 Å². The Hall–Kier alpha value is -1.62. The van der Waals surface area contributed by atoms with Crippen molar-refractivity contribution in [2.24, 2.45) is 7.05 Å². The third-order valence-electron chi connectivity index (χ3n) is 2.97. The van der Waals surface area contributed by atoms with E-state index in [2.05, 4.69) is 17.1 Å². The molecule has 100 valence electrons. The largest absolute Gasteiger partial charge is 0.312 e. The monoisotopic (exact) mass is 275 g/mol. The minimum Gasteiger partial charge on any atom is -0.312 e. The van der Waals surface area contributed by atoms with Crippen molar-refractivity contribution in [3.63, 3.8) is 0 Å². The number of aryl methyl sites for hydroxylation is 2. The second-order valence-corrected chi connectivity index (χ2v) is 5.71. The summed E-state index contributed by atoms with van der Waals surface area (Å²) in [6, 6.07) is 7.81. The summed E-state index contributed by atoms with van der Waals surface area (Å²) < 4.78 is 1.81. The molecule has 0 N–H and O–H groups in total. The first-order chi connectivity index (χ1) is 9.11. The Bertz CT molecular complexity index is 562. The Morgan fingerprint density at radius 2 is 2.05 bits per heavy atom. The van der Waals surface area contributed by atoms with E-state index in [4.69, 9.17) is 0 Å². The number of Topliss-reactive ketones (excluding diaryl/α,β-unsaturated/α-hetero) is 1. The van der Waals surface area contributed by atoms with Crippen LogP contribution in [0.1, 0.15) is 29.8 Å². The molecule has 19 heavy (non-hydrogen) atoms. The van der Waals surface area contributed by atoms with Gasteiger partial charge in [0.15, 0.2) is 10.9 Å². The van der Waals surface area contributed by atoms with Crippen molar-refractivity contribution in [3.05, 3.63) is 41.7 Å². The van der Waals surface area contributed by atoms with Gasteiger partial charge in [-0.1, -0.05) is 43.0 Å². The average Bonchev–Trinajstić information content (AvgIpc) is 2.83. The molecule has 0 aliphatic heterocycles. The Kier molecular flexibility index (Phi) is 4.37. The minimum absolute atomic E-state index is 0.121. The normalized spacial score (nSPS) is 12.4. The van der Waals surface area contributed by atoms with Crippen LogP contribution in [-0.4, -0.2) is 25.8 Å². The lowest BCUT2D eigenvalue weighted by atomic mass is 10.1. The van der Waals surface area contributed by atoms with Gasteiger partial charge in [0.25, 0.3) is 0 Å². The first kappa shape index (κ1) is 13.8. The van der Waals surface area contributed by atoms with Gasteiger partial charge in [-0.2, -0.15) is 0 Å². The van der Waals surface area contributed by atoms with E-state index in [0.717, 1.165) is 17.1 Å². The fourth-order valence-electron chi connectivity index (χ4n) is 1.73. The summed E-state index contributed by atoms with van der Waals surface area (Å²) in [5.74, 6) is 0.121. The van der Waals surface area contributed by atoms with Gasteiger partial charge in [-0.25, -0.2) is 0 Å². The summed E-state index contributed by atoms with van der Waals surface area (Å²) in [5.41, 5.74) is 1.99. The quantitative estimate of drug-likeness (QED) is 0.622. The van der Waals surface area contributed by atoms with Crippen molar-refractivity contribution < 1.29 is 4.79 Å². The average molecular weight is 275 g/mol. The first-order valence-electron chi connectivity index (χ1n) is 6.25. The summed E-state index contributed by atoms with van der Waals surface area (Å²) >= 11 is 1.43. The van der Waals surface area contributed by atoms with Crippen molar-refractivity contribution in [1.82, 2.24) is 14.8 Å². The van der Waals surface area contributed by atoms with E-state index in [9.17, 15) is 4.79 Å². The molecule has 0 radical (unpaired) electrons. The van der Waals surface area contributed by atoms with Gasteiger partial charge in [-0.15, -0.1) is 10.2 Å². The van der Waals surface area contributed by atoms with E-state index in [-0.39, 0.29) is 11.0 Å². The third kappa shape index (κ3) is 3.23. The number of carbonyl (C=O) groups is 1. The predicted molar refractivity (Wildman–Crippen MR) is 76.5 cm³/mol. The third-order valence-corrected chi connectivity index (χ3v) is 4.12. The number of hydrogen-bond donors (Lipinski definition) is 0. The van der Waals surface area contributed by atoms with Crippen LogP contribution in [0.25, 0.3) is 0 Å². The smallest absolute Gasteiger partial charge is 0.191 e. The van der Waals surface area contributed by atoms with Gasteiger partial charge in [0.05, 0.1) is 5.25 Å². The lowest BCUT2D eigenvalue weighted by molar-refractivity contribution is 0.0994. The van der Waals surface area contributed by atoms with Crippen LogP contribution in [0.4, 0.5) is 0 Å². The Morgan fingerprint density at radius 3 is 2.58 bits per heavy atom. The number of hydrogen-bond acceptors (Lipinski definition) is 4. The standard InChI is InChI=1S/C14H17N3OS/c1-4-11-5-7-12(8-6-11)13(18)10(2)19-14-16-15-9-17(14)3/h5-10H,4H2,1-3H3. The fourth-order valence-corrected chi connectivity index (χ4v) is 2.60. The highest BCUT2D eigenvalue weighted by Gasteiger charge is 2.18. The highest BCUT2D eigenvalue weighted by atomic mass is 32.2. The Labute approximate surface area is 117 Å². The van der Waals surface area contributed by atoms with E-state index in [1.54, 1.807) is 6.33 Å². The molecule has 0 bridgehead atoms. The molecule has 4 nitrogen and oxygen atoms in total. The van der Waals surface area contributed by atoms with Gasteiger partial charge in [0.1, 0.15) is 6.33 Å². The number of aromatic nitrogens is 3. The summed E-state index contributed by atoms with van der Waals surface area (Å²) in [6.45, 7) is 4.00. The summed E-state index contributed by atoms with van der Waals surface area (Å²) in [7, 11) is 1.87. The van der Waals surface area contributed by atoms with Gasteiger partial charge in [0.2, 0.25) is 0 Å². The summed E-state index contributed by atoms with van der Waals surface area (Å²) in [4.78, 5) is 12.3. The van der Waals surface area contributed by atoms with Crippen LogP contribution in [0, 0.1) is 0 Å². The predicted octanol–water partition coefficient (Wildman–Crippen LogP) is 2.74. The molecule has 1 atom stereocenters. The van der Waals surface area contributed by atoms with Crippen LogP contribution in [0.2, 0.25) is 0 Å². The van der Waals surface area contributed by atoms with E-state index in [1.807, 2.05) is 42.8 Å². The van der Waals surface area contributed by atoms with Gasteiger partial charge in [-0.3, -0.25) is 4.79 Å². The zero-order valence-corrected chi connectivity index (χ0v) is 12.1. The molecule has 2 aromatic rings. The number of thioether (sulfide) groups is 1. The fraction of sp³-hybridized carbons (Fsp3) is 0.357. The van der Waals surface area contributed by atoms with Crippen LogP contribution < -0.4 is 0 Å². The lowest BCUT2D eigenvalue weighted by Crippen LogP contribution is -2.14. The zero-order chi connectivity index (χ0) is 13.8. The highest BCUT2D eigenvalue weighted by molar-refractivity contribution is 8.00. The van der Waals surface area contributed by atoms with Crippen LogP contribution >= 0.6 is 11.8 Å².